The molecule has 0 amide bonds. The standard InChI is InChI=1S/C10H13N5O6/c11-9-13-6-3(7(19)14-9)12-10(20)15(6)8-5(18)4(17)2(1-16)21-8/h2,4-5,8,16-18H,1H2,(H,12,20)(H3,11,13,14,19)/t2-,4+,5+,8-/m1/s1. The van der Waals surface area contributed by atoms with Gasteiger partial charge in [-0.3, -0.25) is 14.8 Å². The summed E-state index contributed by atoms with van der Waals surface area (Å²) >= 11 is 0. The van der Waals surface area contributed by atoms with Gasteiger partial charge >= 0.3 is 5.69 Å². The van der Waals surface area contributed by atoms with Crippen molar-refractivity contribution in [2.24, 2.45) is 0 Å². The molecule has 11 nitrogen and oxygen atoms in total. The molecule has 0 saturated carbocycles. The van der Waals surface area contributed by atoms with Crippen molar-refractivity contribution in [1.29, 1.82) is 0 Å². The monoisotopic (exact) mass is 299 g/mol. The summed E-state index contributed by atoms with van der Waals surface area (Å²) in [6, 6.07) is 0. The van der Waals surface area contributed by atoms with E-state index in [9.17, 15) is 19.8 Å². The van der Waals surface area contributed by atoms with Crippen LogP contribution < -0.4 is 17.0 Å². The van der Waals surface area contributed by atoms with Gasteiger partial charge < -0.3 is 25.8 Å². The first kappa shape index (κ1) is 13.8. The van der Waals surface area contributed by atoms with Crippen molar-refractivity contribution in [3.63, 3.8) is 0 Å². The minimum absolute atomic E-state index is 0.115. The number of rotatable bonds is 2. The lowest BCUT2D eigenvalue weighted by molar-refractivity contribution is -0.0524. The Labute approximate surface area is 115 Å². The fourth-order valence-corrected chi connectivity index (χ4v) is 2.36. The minimum Gasteiger partial charge on any atom is -0.394 e. The zero-order valence-corrected chi connectivity index (χ0v) is 10.6. The van der Waals surface area contributed by atoms with Crippen molar-refractivity contribution in [3.05, 3.63) is 20.8 Å². The number of aromatic nitrogens is 4. The molecule has 3 rings (SSSR count). The van der Waals surface area contributed by atoms with Gasteiger partial charge in [-0.1, -0.05) is 0 Å². The number of hydrogen-bond donors (Lipinski definition) is 6. The fraction of sp³-hybridized carbons (Fsp3) is 0.500. The van der Waals surface area contributed by atoms with Crippen LogP contribution in [0.25, 0.3) is 11.2 Å². The van der Waals surface area contributed by atoms with Gasteiger partial charge in [0.05, 0.1) is 6.61 Å². The summed E-state index contributed by atoms with van der Waals surface area (Å²) in [5.41, 5.74) is 3.77. The highest BCUT2D eigenvalue weighted by Gasteiger charge is 2.44. The molecule has 0 aliphatic carbocycles. The summed E-state index contributed by atoms with van der Waals surface area (Å²) in [5.74, 6) is -0.216. The fourth-order valence-electron chi connectivity index (χ4n) is 2.36. The number of hydrogen-bond acceptors (Lipinski definition) is 8. The number of anilines is 1. The third kappa shape index (κ3) is 1.94. The second kappa shape index (κ2) is 4.66. The van der Waals surface area contributed by atoms with Gasteiger partial charge in [0.1, 0.15) is 18.3 Å². The molecule has 0 unspecified atom stereocenters. The van der Waals surface area contributed by atoms with Crippen LogP contribution >= 0.6 is 0 Å². The normalized spacial score (nSPS) is 29.3. The average molecular weight is 299 g/mol. The molecular weight excluding hydrogens is 286 g/mol. The summed E-state index contributed by atoms with van der Waals surface area (Å²) in [7, 11) is 0. The van der Waals surface area contributed by atoms with Gasteiger partial charge in [-0.25, -0.2) is 9.36 Å². The average Bonchev–Trinajstić information content (AvgIpc) is 2.89. The topological polar surface area (TPSA) is 179 Å². The lowest BCUT2D eigenvalue weighted by Gasteiger charge is -2.15. The Morgan fingerprint density at radius 3 is 2.62 bits per heavy atom. The highest BCUT2D eigenvalue weighted by molar-refractivity contribution is 5.70. The number of aliphatic hydroxyl groups is 3. The van der Waals surface area contributed by atoms with E-state index in [1.807, 2.05) is 0 Å². The Hall–Kier alpha value is -2.21. The smallest absolute Gasteiger partial charge is 0.330 e. The molecular formula is C10H13N5O6. The van der Waals surface area contributed by atoms with Gasteiger partial charge in [-0.15, -0.1) is 0 Å². The molecule has 3 heterocycles. The van der Waals surface area contributed by atoms with Gasteiger partial charge in [0.2, 0.25) is 5.95 Å². The van der Waals surface area contributed by atoms with Crippen molar-refractivity contribution in [2.45, 2.75) is 24.5 Å². The molecule has 1 aliphatic heterocycles. The number of aliphatic hydroxyl groups excluding tert-OH is 3. The van der Waals surface area contributed by atoms with E-state index in [2.05, 4.69) is 15.0 Å². The molecule has 2 aromatic rings. The highest BCUT2D eigenvalue weighted by atomic mass is 16.6. The Bertz CT molecular complexity index is 793. The zero-order chi connectivity index (χ0) is 15.3. The Balaban J connectivity index is 2.20. The van der Waals surface area contributed by atoms with E-state index in [4.69, 9.17) is 15.6 Å². The van der Waals surface area contributed by atoms with Crippen LogP contribution in [0.5, 0.6) is 0 Å². The van der Waals surface area contributed by atoms with Crippen LogP contribution in [0.15, 0.2) is 9.59 Å². The molecule has 1 aliphatic rings. The van der Waals surface area contributed by atoms with Gasteiger partial charge in [0.15, 0.2) is 17.4 Å². The summed E-state index contributed by atoms with van der Waals surface area (Å²) < 4.78 is 6.13. The maximum Gasteiger partial charge on any atom is 0.330 e. The van der Waals surface area contributed by atoms with E-state index >= 15 is 0 Å². The number of imidazole rings is 1. The predicted octanol–water partition coefficient (Wildman–Crippen LogP) is -3.39. The summed E-state index contributed by atoms with van der Waals surface area (Å²) in [6.45, 7) is -0.540. The molecule has 0 spiro atoms. The van der Waals surface area contributed by atoms with Crippen LogP contribution in [-0.2, 0) is 4.74 Å². The first-order chi connectivity index (χ1) is 9.93. The van der Waals surface area contributed by atoms with Gasteiger partial charge in [0.25, 0.3) is 5.56 Å². The van der Waals surface area contributed by atoms with Crippen molar-refractivity contribution in [2.75, 3.05) is 12.3 Å². The second-order valence-electron chi connectivity index (χ2n) is 4.68. The van der Waals surface area contributed by atoms with E-state index in [0.29, 0.717) is 0 Å². The first-order valence-electron chi connectivity index (χ1n) is 6.06. The molecule has 4 atom stereocenters. The molecule has 7 N–H and O–H groups in total. The Morgan fingerprint density at radius 2 is 2.00 bits per heavy atom. The predicted molar refractivity (Wildman–Crippen MR) is 68.4 cm³/mol. The molecule has 0 bridgehead atoms. The highest BCUT2D eigenvalue weighted by Crippen LogP contribution is 2.29. The van der Waals surface area contributed by atoms with Gasteiger partial charge in [-0.05, 0) is 0 Å². The number of nitrogens with zero attached hydrogens (tertiary/aromatic N) is 2. The summed E-state index contributed by atoms with van der Waals surface area (Å²) in [5, 5.41) is 28.7. The van der Waals surface area contributed by atoms with Gasteiger partial charge in [-0.2, -0.15) is 4.98 Å². The van der Waals surface area contributed by atoms with Gasteiger partial charge in [0, 0.05) is 0 Å². The van der Waals surface area contributed by atoms with Crippen LogP contribution in [0.2, 0.25) is 0 Å². The number of fused-ring (bicyclic) bond motifs is 1. The van der Waals surface area contributed by atoms with E-state index in [0.717, 1.165) is 4.57 Å². The van der Waals surface area contributed by atoms with E-state index < -0.39 is 42.4 Å². The molecule has 114 valence electrons. The van der Waals surface area contributed by atoms with Crippen LogP contribution in [0.3, 0.4) is 0 Å². The lowest BCUT2D eigenvalue weighted by Crippen LogP contribution is -2.35. The van der Waals surface area contributed by atoms with E-state index in [1.165, 1.54) is 0 Å². The van der Waals surface area contributed by atoms with Crippen LogP contribution in [-0.4, -0.2) is 59.8 Å². The largest absolute Gasteiger partial charge is 0.394 e. The van der Waals surface area contributed by atoms with Crippen LogP contribution in [0.1, 0.15) is 6.23 Å². The van der Waals surface area contributed by atoms with E-state index in [-0.39, 0.29) is 17.1 Å². The molecule has 1 fully saturated rings. The van der Waals surface area contributed by atoms with Crippen molar-refractivity contribution in [1.82, 2.24) is 19.5 Å². The number of nitrogens with two attached hydrogens (primary N) is 1. The molecule has 21 heavy (non-hydrogen) atoms. The molecule has 1 saturated heterocycles. The van der Waals surface area contributed by atoms with Crippen molar-refractivity contribution < 1.29 is 20.1 Å². The number of H-pyrrole nitrogens is 2. The number of aromatic amines is 2. The minimum atomic E-state index is -1.47. The summed E-state index contributed by atoms with van der Waals surface area (Å²) in [4.78, 5) is 32.0. The first-order valence-corrected chi connectivity index (χ1v) is 6.06. The van der Waals surface area contributed by atoms with Crippen molar-refractivity contribution in [3.8, 4) is 0 Å². The molecule has 2 aromatic heterocycles. The number of ether oxygens (including phenoxy) is 1. The molecule has 0 radical (unpaired) electrons. The van der Waals surface area contributed by atoms with Crippen LogP contribution in [0, 0.1) is 0 Å². The molecule has 0 aromatic carbocycles. The van der Waals surface area contributed by atoms with Crippen molar-refractivity contribution >= 4 is 17.1 Å². The summed E-state index contributed by atoms with van der Waals surface area (Å²) in [6.07, 6.45) is -5.20. The lowest BCUT2D eigenvalue weighted by atomic mass is 10.1. The third-order valence-electron chi connectivity index (χ3n) is 3.37. The number of nitrogens with one attached hydrogen (secondary N) is 2. The SMILES string of the molecule is Nc1nc2c([nH]c(=O)n2[C@@H]2O[C@H](CO)[C@H](O)[C@@H]2O)c(=O)[nH]1. The maximum absolute atomic E-state index is 12.0. The Morgan fingerprint density at radius 1 is 1.29 bits per heavy atom. The van der Waals surface area contributed by atoms with E-state index in [1.54, 1.807) is 0 Å². The number of nitrogen functional groups attached to an aromatic ring is 1. The Kier molecular flexibility index (Phi) is 3.06. The molecule has 11 heteroatoms. The second-order valence-corrected chi connectivity index (χ2v) is 4.68. The zero-order valence-electron chi connectivity index (χ0n) is 10.6. The maximum atomic E-state index is 12.0. The third-order valence-corrected chi connectivity index (χ3v) is 3.37. The quantitative estimate of drug-likeness (QED) is 0.332. The van der Waals surface area contributed by atoms with Crippen LogP contribution in [0.4, 0.5) is 5.95 Å².